The lowest BCUT2D eigenvalue weighted by atomic mass is 9.59. The van der Waals surface area contributed by atoms with Gasteiger partial charge in [0.25, 0.3) is 0 Å². The van der Waals surface area contributed by atoms with E-state index >= 15 is 0 Å². The Hall–Kier alpha value is -11.7. The summed E-state index contributed by atoms with van der Waals surface area (Å²) in [5.74, 6) is 2.05. The van der Waals surface area contributed by atoms with Gasteiger partial charge in [-0.1, -0.05) is 472 Å². The van der Waals surface area contributed by atoms with Crippen molar-refractivity contribution in [2.45, 2.75) is 23.0 Å². The van der Waals surface area contributed by atoms with Gasteiger partial charge in [-0.25, -0.2) is 0 Å². The van der Waals surface area contributed by atoms with Gasteiger partial charge in [0.1, 0.15) is 22.7 Å². The molecular weight excluding hydrogens is 1880 g/mol. The van der Waals surface area contributed by atoms with Crippen molar-refractivity contribution in [1.82, 2.24) is 0 Å². The fourth-order valence-electron chi connectivity index (χ4n) is 20.5. The van der Waals surface area contributed by atoms with E-state index in [1.807, 2.05) is 24.3 Å². The van der Waals surface area contributed by atoms with Gasteiger partial charge in [0, 0.05) is 76.7 Å². The smallest absolute Gasteiger partial charge is 0.455 e. The number of halogens is 6. The van der Waals surface area contributed by atoms with Gasteiger partial charge < -0.3 is 9.15 Å². The zero-order valence-corrected chi connectivity index (χ0v) is 75.0. The molecule has 3 heterocycles. The Kier molecular flexibility index (Phi) is 19.6. The minimum absolute atomic E-state index is 0. The summed E-state index contributed by atoms with van der Waals surface area (Å²) in [7, 11) is 0. The van der Waals surface area contributed by atoms with Crippen LogP contribution in [0.25, 0.3) is 167 Å². The number of fused-ring (bicyclic) bond motifs is 15. The van der Waals surface area contributed by atoms with E-state index in [4.69, 9.17) is 9.15 Å². The summed E-state index contributed by atoms with van der Waals surface area (Å²) in [6.07, 6.45) is 4.33. The first-order valence-electron chi connectivity index (χ1n) is 41.0. The molecule has 2 aliphatic heterocycles. The number of hydrogen-bond acceptors (Lipinski definition) is 2. The highest BCUT2D eigenvalue weighted by atomic mass is 79.9. The fraction of sp³-hybridized carbons (Fsp3) is 0.0351. The number of benzene rings is 19. The molecule has 19 aromatic carbocycles. The Labute approximate surface area is 760 Å². The van der Waals surface area contributed by atoms with E-state index in [0.717, 1.165) is 60.3 Å². The third-order valence-corrected chi connectivity index (χ3v) is 29.3. The molecule has 1 aromatic heterocycles. The van der Waals surface area contributed by atoms with Crippen LogP contribution < -0.4 is 0 Å². The zero-order valence-electron chi connectivity index (χ0n) is 66.5. The molecule has 1 saturated heterocycles. The fourth-order valence-corrected chi connectivity index (χ4v) is 24.5. The van der Waals surface area contributed by atoms with Crippen molar-refractivity contribution >= 4 is 162 Å². The van der Waals surface area contributed by atoms with Crippen LogP contribution in [0.15, 0.2) is 432 Å². The van der Waals surface area contributed by atoms with E-state index in [0.29, 0.717) is 0 Å². The van der Waals surface area contributed by atoms with Crippen molar-refractivity contribution in [1.29, 1.82) is 0 Å². The first-order chi connectivity index (χ1) is 60.1. The molecule has 0 spiro atoms. The molecule has 2 bridgehead atoms. The second kappa shape index (κ2) is 31.3. The largest absolute Gasteiger partial charge is 1.00 e. The molecule has 5 aliphatic rings. The molecule has 0 saturated carbocycles. The highest BCUT2D eigenvalue weighted by molar-refractivity contribution is 9.12. The van der Waals surface area contributed by atoms with E-state index in [2.05, 4.69) is 484 Å². The molecule has 25 rings (SSSR count). The summed E-state index contributed by atoms with van der Waals surface area (Å²) in [4.78, 5) is 0. The lowest BCUT2D eigenvalue weighted by molar-refractivity contribution is -0.0477. The molecule has 20 aromatic rings. The standard InChI is InChI=1S/C38H24Br2O.C38H22Br2.C26H18O.C12H6Br2/c39-31-21-19-26-33-27(20-22-32(40)34(31)33)36-35(26)37(24-13-5-2-6-14-24)29-17-9-10-18-30(29)38(36,41-37)28-16-8-7-15-25(28)23-11-3-1-4-12-23;39-31-21-19-29-35-30(20-22-32(40)38(31)35)37-34(26-16-8-7-15-25(26)23-11-3-1-4-12-23)28-18-10-9-17-27(28)33(36(29)37)24-13-5-2-6-14-24;1-3-11-19(12-4-1)21-15-7-8-16-22(21)26-24-18-10-9-17-23(24)25(27-26)20-13-5-2-6-14-20;13-9-5-3-7-1-2-8-4-6-10(14)12(9)11(7)8/h1-22,35-36H;1-22H;1-18H;1-6H/p+1. The van der Waals surface area contributed by atoms with Gasteiger partial charge in [-0.3, -0.25) is 0 Å². The summed E-state index contributed by atoms with van der Waals surface area (Å²) < 4.78 is 21.1. The quantitative estimate of drug-likeness (QED) is 0.144. The summed E-state index contributed by atoms with van der Waals surface area (Å²) in [5, 5.41) is 12.5. The predicted molar refractivity (Wildman–Crippen MR) is 532 cm³/mol. The SMILES string of the molecule is Brc1ccc2c3c(ccc(Br)c13)-c1c-2c(-c2ccccc2)c2ccccc2c1-c1ccccc1-c1ccccc1.Brc1ccc2c3c(ccc(Br)c13)C1C2C2(c3ccccc3)OC1(c1ccccc1-c1ccccc1)c1ccccc12.Brc1ccc2c3c(ccc(Br)c13)C=C2.[H+].c1ccc(-c2ccccc2-c2oc(-c3ccccc3)c3ccccc23)cc1. The van der Waals surface area contributed by atoms with Crippen LogP contribution in [-0.4, -0.2) is 0 Å². The number of hydrogen-bond donors (Lipinski definition) is 0. The van der Waals surface area contributed by atoms with Crippen molar-refractivity contribution in [3.63, 3.8) is 0 Å². The van der Waals surface area contributed by atoms with Crippen LogP contribution in [0.1, 0.15) is 57.8 Å². The Bertz CT molecular complexity index is 7560. The predicted octanol–water partition coefficient (Wildman–Crippen LogP) is 35.0. The minimum atomic E-state index is -0.671. The van der Waals surface area contributed by atoms with E-state index in [1.54, 1.807) is 0 Å². The molecule has 0 radical (unpaired) electrons. The molecule has 580 valence electrons. The second-order valence-corrected chi connectivity index (χ2v) is 36.7. The number of furan rings is 1. The highest BCUT2D eigenvalue weighted by Crippen LogP contribution is 2.78. The van der Waals surface area contributed by atoms with E-state index < -0.39 is 11.2 Å². The third-order valence-electron chi connectivity index (χ3n) is 25.3. The highest BCUT2D eigenvalue weighted by Gasteiger charge is 2.73. The molecule has 8 heteroatoms. The van der Waals surface area contributed by atoms with E-state index in [-0.39, 0.29) is 13.3 Å². The van der Waals surface area contributed by atoms with E-state index in [1.165, 1.54) is 165 Å². The summed E-state index contributed by atoms with van der Waals surface area (Å²) >= 11 is 22.7. The normalized spacial score (nSPS) is 16.1. The van der Waals surface area contributed by atoms with E-state index in [9.17, 15) is 0 Å². The average Bonchev–Trinajstić information content (AvgIpc) is 1.46. The maximum absolute atomic E-state index is 7.84. The molecular formula is C114H71Br6O2+. The third kappa shape index (κ3) is 12.2. The van der Waals surface area contributed by atoms with Gasteiger partial charge in [0.2, 0.25) is 0 Å². The van der Waals surface area contributed by atoms with Crippen molar-refractivity contribution in [3.8, 4) is 101 Å². The van der Waals surface area contributed by atoms with Crippen LogP contribution in [0.4, 0.5) is 0 Å². The molecule has 1 fully saturated rings. The van der Waals surface area contributed by atoms with Crippen LogP contribution in [0.2, 0.25) is 0 Å². The first kappa shape index (κ1) is 76.5. The van der Waals surface area contributed by atoms with Crippen LogP contribution in [0, 0.1) is 0 Å². The lowest BCUT2D eigenvalue weighted by Crippen LogP contribution is -2.35. The van der Waals surface area contributed by atoms with Crippen LogP contribution in [0.3, 0.4) is 0 Å². The number of ether oxygens (including phenoxy) is 1. The van der Waals surface area contributed by atoms with Crippen LogP contribution in [0.5, 0.6) is 0 Å². The number of rotatable bonds is 9. The molecule has 0 N–H and O–H groups in total. The monoisotopic (exact) mass is 1950 g/mol. The van der Waals surface area contributed by atoms with Crippen molar-refractivity contribution < 1.29 is 10.6 Å². The van der Waals surface area contributed by atoms with Crippen LogP contribution in [-0.2, 0) is 15.9 Å². The van der Waals surface area contributed by atoms with Gasteiger partial charge in [-0.05, 0) is 186 Å². The van der Waals surface area contributed by atoms with Crippen molar-refractivity contribution in [2.24, 2.45) is 0 Å². The molecule has 4 atom stereocenters. The van der Waals surface area contributed by atoms with Gasteiger partial charge in [-0.15, -0.1) is 0 Å². The molecule has 4 unspecified atom stereocenters. The first-order valence-corrected chi connectivity index (χ1v) is 45.7. The maximum Gasteiger partial charge on any atom is 1.00 e. The Balaban J connectivity index is 0.000000106. The summed E-state index contributed by atoms with van der Waals surface area (Å²) in [6, 6.07) is 143. The lowest BCUT2D eigenvalue weighted by Gasteiger charge is -2.39. The topological polar surface area (TPSA) is 22.4 Å². The maximum atomic E-state index is 7.84. The molecule has 0 amide bonds. The van der Waals surface area contributed by atoms with Gasteiger partial charge in [-0.2, -0.15) is 0 Å². The van der Waals surface area contributed by atoms with Crippen molar-refractivity contribution in [2.75, 3.05) is 0 Å². The van der Waals surface area contributed by atoms with Gasteiger partial charge >= 0.3 is 1.43 Å². The Morgan fingerprint density at radius 3 is 1.08 bits per heavy atom. The van der Waals surface area contributed by atoms with Gasteiger partial charge in [0.15, 0.2) is 0 Å². The Morgan fingerprint density at radius 2 is 0.557 bits per heavy atom. The molecule has 3 aliphatic carbocycles. The summed E-state index contributed by atoms with van der Waals surface area (Å²) in [6.45, 7) is 0. The van der Waals surface area contributed by atoms with Crippen LogP contribution >= 0.6 is 95.6 Å². The molecule has 2 nitrogen and oxygen atoms in total. The average molecular weight is 1950 g/mol. The zero-order chi connectivity index (χ0) is 81.9. The minimum Gasteiger partial charge on any atom is -0.455 e. The molecule has 122 heavy (non-hydrogen) atoms. The Morgan fingerprint density at radius 1 is 0.213 bits per heavy atom. The second-order valence-electron chi connectivity index (χ2n) is 31.6. The van der Waals surface area contributed by atoms with Gasteiger partial charge in [0.05, 0.1) is 0 Å². The summed E-state index contributed by atoms with van der Waals surface area (Å²) in [5.41, 5.74) is 28.8. The van der Waals surface area contributed by atoms with Crippen molar-refractivity contribution in [3.05, 3.63) is 472 Å².